The van der Waals surface area contributed by atoms with E-state index in [4.69, 9.17) is 9.47 Å². The molecule has 4 rings (SSSR count). The molecular formula is C29H39F3N4O4. The van der Waals surface area contributed by atoms with Crippen molar-refractivity contribution in [2.24, 2.45) is 0 Å². The summed E-state index contributed by atoms with van der Waals surface area (Å²) >= 11 is 0. The zero-order chi connectivity index (χ0) is 28.9. The molecule has 2 saturated heterocycles. The molecule has 40 heavy (non-hydrogen) atoms. The number of aromatic nitrogens is 1. The predicted molar refractivity (Wildman–Crippen MR) is 144 cm³/mol. The number of carbonyl (C=O) groups is 1. The molecule has 1 aromatic carbocycles. The molecule has 2 aliphatic heterocycles. The van der Waals surface area contributed by atoms with E-state index in [0.29, 0.717) is 39.3 Å². The van der Waals surface area contributed by atoms with Gasteiger partial charge in [-0.05, 0) is 68.0 Å². The van der Waals surface area contributed by atoms with Gasteiger partial charge in [0.2, 0.25) is 0 Å². The van der Waals surface area contributed by atoms with Crippen LogP contribution in [-0.4, -0.2) is 91.0 Å². The third-order valence-electron chi connectivity index (χ3n) is 7.96. The number of halogens is 3. The van der Waals surface area contributed by atoms with E-state index in [1.165, 1.54) is 11.6 Å². The van der Waals surface area contributed by atoms with Gasteiger partial charge >= 0.3 is 6.18 Å². The number of hydrogen-bond donors (Lipinski definition) is 2. The highest BCUT2D eigenvalue weighted by atomic mass is 19.4. The first-order valence-electron chi connectivity index (χ1n) is 13.8. The Labute approximate surface area is 233 Å². The lowest BCUT2D eigenvalue weighted by Crippen LogP contribution is -2.57. The predicted octanol–water partition coefficient (Wildman–Crippen LogP) is 3.74. The third kappa shape index (κ3) is 7.12. The standard InChI is InChI=1S/C29H39F3N4O4/c1-19-20(2)26(40-18-23(37)16-33-11-14-39-3)9-8-24(19)25-6-4-5-22-17-35(12-13-36(22)25)28(38)21-7-10-27(34-15-21)29(30,31)32/h7-10,15,22-23,25,33,37H,4-6,11-14,16-18H2,1-3H3/t22?,23-,25-/m1/s1. The van der Waals surface area contributed by atoms with Gasteiger partial charge in [-0.3, -0.25) is 14.7 Å². The van der Waals surface area contributed by atoms with Crippen LogP contribution in [0.15, 0.2) is 30.5 Å². The first-order valence-corrected chi connectivity index (χ1v) is 13.8. The Morgan fingerprint density at radius 1 is 1.18 bits per heavy atom. The lowest BCUT2D eigenvalue weighted by molar-refractivity contribution is -0.141. The second kappa shape index (κ2) is 13.3. The van der Waals surface area contributed by atoms with Crippen LogP contribution in [0.2, 0.25) is 0 Å². The van der Waals surface area contributed by atoms with E-state index in [0.717, 1.165) is 48.4 Å². The van der Waals surface area contributed by atoms with E-state index >= 15 is 0 Å². The molecule has 220 valence electrons. The summed E-state index contributed by atoms with van der Waals surface area (Å²) in [6.07, 6.45) is -1.15. The quantitative estimate of drug-likeness (QED) is 0.425. The number of amides is 1. The summed E-state index contributed by atoms with van der Waals surface area (Å²) in [7, 11) is 1.63. The molecule has 2 N–H and O–H groups in total. The minimum atomic E-state index is -4.53. The normalized spacial score (nSPS) is 20.7. The SMILES string of the molecule is COCCNC[C@@H](O)COc1ccc([C@H]2CCCC3CN(C(=O)c4ccc(C(F)(F)F)nc4)CCN32)c(C)c1C. The van der Waals surface area contributed by atoms with E-state index in [1.54, 1.807) is 12.0 Å². The van der Waals surface area contributed by atoms with Gasteiger partial charge in [0.25, 0.3) is 5.91 Å². The molecule has 0 radical (unpaired) electrons. The van der Waals surface area contributed by atoms with Gasteiger partial charge in [0, 0.05) is 58.1 Å². The highest BCUT2D eigenvalue weighted by Gasteiger charge is 2.38. The van der Waals surface area contributed by atoms with Gasteiger partial charge in [-0.25, -0.2) is 0 Å². The average Bonchev–Trinajstić information content (AvgIpc) is 2.95. The number of aliphatic hydroxyl groups excluding tert-OH is 1. The number of methoxy groups -OCH3 is 1. The van der Waals surface area contributed by atoms with Crippen molar-refractivity contribution in [3.63, 3.8) is 0 Å². The van der Waals surface area contributed by atoms with Crippen molar-refractivity contribution in [1.29, 1.82) is 0 Å². The summed E-state index contributed by atoms with van der Waals surface area (Å²) in [4.78, 5) is 20.7. The summed E-state index contributed by atoms with van der Waals surface area (Å²) in [5.41, 5.74) is 2.61. The summed E-state index contributed by atoms with van der Waals surface area (Å²) in [6, 6.07) is 6.55. The molecule has 2 aliphatic rings. The van der Waals surface area contributed by atoms with Crippen LogP contribution in [0.1, 0.15) is 58.0 Å². The summed E-state index contributed by atoms with van der Waals surface area (Å²) in [5.74, 6) is 0.470. The van der Waals surface area contributed by atoms with Crippen molar-refractivity contribution in [3.05, 3.63) is 58.4 Å². The molecule has 0 spiro atoms. The molecule has 3 atom stereocenters. The topological polar surface area (TPSA) is 87.2 Å². The number of carbonyl (C=O) groups excluding carboxylic acids is 1. The second-order valence-corrected chi connectivity index (χ2v) is 10.6. The lowest BCUT2D eigenvalue weighted by atomic mass is 9.86. The number of alkyl halides is 3. The fourth-order valence-corrected chi connectivity index (χ4v) is 5.66. The van der Waals surface area contributed by atoms with Crippen LogP contribution in [0, 0.1) is 13.8 Å². The third-order valence-corrected chi connectivity index (χ3v) is 7.96. The van der Waals surface area contributed by atoms with Gasteiger partial charge in [0.1, 0.15) is 24.2 Å². The van der Waals surface area contributed by atoms with Crippen molar-refractivity contribution in [1.82, 2.24) is 20.1 Å². The van der Waals surface area contributed by atoms with E-state index in [1.807, 2.05) is 13.0 Å². The number of piperidine rings is 1. The van der Waals surface area contributed by atoms with Crippen LogP contribution < -0.4 is 10.1 Å². The van der Waals surface area contributed by atoms with Gasteiger partial charge < -0.3 is 24.8 Å². The van der Waals surface area contributed by atoms with Gasteiger partial charge in [0.15, 0.2) is 0 Å². The van der Waals surface area contributed by atoms with Gasteiger partial charge in [-0.2, -0.15) is 13.2 Å². The van der Waals surface area contributed by atoms with Crippen molar-refractivity contribution < 1.29 is 32.5 Å². The number of pyridine rings is 1. The maximum atomic E-state index is 13.1. The van der Waals surface area contributed by atoms with E-state index in [2.05, 4.69) is 28.2 Å². The smallest absolute Gasteiger partial charge is 0.433 e. The summed E-state index contributed by atoms with van der Waals surface area (Å²) in [5, 5.41) is 13.3. The highest BCUT2D eigenvalue weighted by molar-refractivity contribution is 5.94. The number of ether oxygens (including phenoxy) is 2. The lowest BCUT2D eigenvalue weighted by Gasteiger charge is -2.48. The Bertz CT molecular complexity index is 1150. The van der Waals surface area contributed by atoms with Gasteiger partial charge in [0.05, 0.1) is 12.2 Å². The Balaban J connectivity index is 1.38. The van der Waals surface area contributed by atoms with Crippen molar-refractivity contribution in [2.75, 3.05) is 53.0 Å². The average molecular weight is 565 g/mol. The zero-order valence-electron chi connectivity index (χ0n) is 23.3. The van der Waals surface area contributed by atoms with Crippen LogP contribution in [-0.2, 0) is 10.9 Å². The number of nitrogens with zero attached hydrogens (tertiary/aromatic N) is 3. The largest absolute Gasteiger partial charge is 0.491 e. The number of rotatable bonds is 10. The number of hydrogen-bond acceptors (Lipinski definition) is 7. The molecule has 0 aliphatic carbocycles. The number of aliphatic hydroxyl groups is 1. The van der Waals surface area contributed by atoms with Crippen molar-refractivity contribution in [2.45, 2.75) is 57.5 Å². The van der Waals surface area contributed by atoms with E-state index in [-0.39, 0.29) is 30.2 Å². The fraction of sp³-hybridized carbons (Fsp3) is 0.586. The summed E-state index contributed by atoms with van der Waals surface area (Å²) < 4.78 is 49.5. The molecule has 0 bridgehead atoms. The molecular weight excluding hydrogens is 525 g/mol. The molecule has 8 nitrogen and oxygen atoms in total. The first-order chi connectivity index (χ1) is 19.1. The second-order valence-electron chi connectivity index (χ2n) is 10.6. The minimum absolute atomic E-state index is 0.173. The Morgan fingerprint density at radius 3 is 2.67 bits per heavy atom. The number of fused-ring (bicyclic) bond motifs is 1. The van der Waals surface area contributed by atoms with Crippen LogP contribution in [0.4, 0.5) is 13.2 Å². The van der Waals surface area contributed by atoms with E-state index < -0.39 is 18.0 Å². The fourth-order valence-electron chi connectivity index (χ4n) is 5.66. The number of benzene rings is 1. The molecule has 1 unspecified atom stereocenters. The van der Waals surface area contributed by atoms with Crippen LogP contribution in [0.25, 0.3) is 0 Å². The Kier molecular flexibility index (Phi) is 10.0. The number of nitrogens with one attached hydrogen (secondary N) is 1. The zero-order valence-corrected chi connectivity index (χ0v) is 23.3. The molecule has 2 aromatic rings. The molecule has 11 heteroatoms. The van der Waals surface area contributed by atoms with Gasteiger partial charge in [-0.1, -0.05) is 6.07 Å². The molecule has 1 aromatic heterocycles. The van der Waals surface area contributed by atoms with Gasteiger partial charge in [-0.15, -0.1) is 0 Å². The van der Waals surface area contributed by atoms with Crippen molar-refractivity contribution >= 4 is 5.91 Å². The minimum Gasteiger partial charge on any atom is -0.491 e. The Hall–Kier alpha value is -2.73. The molecule has 1 amide bonds. The van der Waals surface area contributed by atoms with Crippen LogP contribution in [0.3, 0.4) is 0 Å². The van der Waals surface area contributed by atoms with Crippen molar-refractivity contribution in [3.8, 4) is 5.75 Å². The number of piperazine rings is 1. The monoisotopic (exact) mass is 564 g/mol. The molecule has 2 fully saturated rings. The molecule has 3 heterocycles. The summed E-state index contributed by atoms with van der Waals surface area (Å²) in [6.45, 7) is 7.72. The van der Waals surface area contributed by atoms with Crippen LogP contribution in [0.5, 0.6) is 5.75 Å². The maximum absolute atomic E-state index is 13.1. The molecule has 0 saturated carbocycles. The Morgan fingerprint density at radius 2 is 1.98 bits per heavy atom. The van der Waals surface area contributed by atoms with Crippen LogP contribution >= 0.6 is 0 Å². The maximum Gasteiger partial charge on any atom is 0.433 e. The highest BCUT2D eigenvalue weighted by Crippen LogP contribution is 2.39. The van der Waals surface area contributed by atoms with E-state index in [9.17, 15) is 23.1 Å². The first kappa shape index (κ1) is 30.2.